The third-order valence-electron chi connectivity index (χ3n) is 5.22. The number of amides is 2. The lowest BCUT2D eigenvalue weighted by molar-refractivity contribution is -0.111. The monoisotopic (exact) mass is 488 g/mol. The van der Waals surface area contributed by atoms with Crippen molar-refractivity contribution in [3.05, 3.63) is 77.9 Å². The SMILES string of the molecule is CCOc1cc(NC(=O)c2ccccc2)c(OCC)cc1NC(=O)/C=C/c1ccc2c(c1)OCCO2. The Bertz CT molecular complexity index is 1260. The highest BCUT2D eigenvalue weighted by atomic mass is 16.6. The van der Waals surface area contributed by atoms with Crippen LogP contribution in [0.3, 0.4) is 0 Å². The molecule has 3 aromatic carbocycles. The number of ether oxygens (including phenoxy) is 4. The summed E-state index contributed by atoms with van der Waals surface area (Å²) in [5.74, 6) is 1.53. The average Bonchev–Trinajstić information content (AvgIpc) is 2.90. The van der Waals surface area contributed by atoms with Gasteiger partial charge in [0, 0.05) is 23.8 Å². The summed E-state index contributed by atoms with van der Waals surface area (Å²) >= 11 is 0. The Morgan fingerprint density at radius 3 is 2.14 bits per heavy atom. The van der Waals surface area contributed by atoms with E-state index >= 15 is 0 Å². The second-order valence-corrected chi connectivity index (χ2v) is 7.76. The molecule has 0 radical (unpaired) electrons. The first kappa shape index (κ1) is 24.7. The van der Waals surface area contributed by atoms with Crippen molar-refractivity contribution in [2.75, 3.05) is 37.1 Å². The van der Waals surface area contributed by atoms with Crippen LogP contribution in [0.25, 0.3) is 6.08 Å². The quantitative estimate of drug-likeness (QED) is 0.404. The molecule has 2 amide bonds. The molecule has 0 bridgehead atoms. The van der Waals surface area contributed by atoms with E-state index in [0.717, 1.165) is 5.56 Å². The van der Waals surface area contributed by atoms with E-state index in [1.54, 1.807) is 42.5 Å². The Hall–Kier alpha value is -4.46. The molecule has 3 aromatic rings. The van der Waals surface area contributed by atoms with E-state index in [4.69, 9.17) is 18.9 Å². The fourth-order valence-electron chi connectivity index (χ4n) is 3.60. The van der Waals surface area contributed by atoms with E-state index in [2.05, 4.69) is 10.6 Å². The lowest BCUT2D eigenvalue weighted by atomic mass is 10.1. The molecule has 0 spiro atoms. The van der Waals surface area contributed by atoms with Gasteiger partial charge in [-0.25, -0.2) is 0 Å². The van der Waals surface area contributed by atoms with Gasteiger partial charge in [-0.1, -0.05) is 24.3 Å². The van der Waals surface area contributed by atoms with Crippen LogP contribution in [0.1, 0.15) is 29.8 Å². The smallest absolute Gasteiger partial charge is 0.255 e. The molecular weight excluding hydrogens is 460 g/mol. The van der Waals surface area contributed by atoms with Gasteiger partial charge in [0.25, 0.3) is 5.91 Å². The molecule has 0 fully saturated rings. The van der Waals surface area contributed by atoms with E-state index in [9.17, 15) is 9.59 Å². The molecule has 0 aromatic heterocycles. The maximum Gasteiger partial charge on any atom is 0.255 e. The van der Waals surface area contributed by atoms with Crippen LogP contribution in [0.5, 0.6) is 23.0 Å². The van der Waals surface area contributed by atoms with Crippen LogP contribution in [0.15, 0.2) is 66.7 Å². The number of rotatable bonds is 9. The van der Waals surface area contributed by atoms with Crippen molar-refractivity contribution in [3.63, 3.8) is 0 Å². The summed E-state index contributed by atoms with van der Waals surface area (Å²) in [6.45, 7) is 5.44. The largest absolute Gasteiger partial charge is 0.492 e. The Morgan fingerprint density at radius 2 is 1.47 bits per heavy atom. The Labute approximate surface area is 209 Å². The van der Waals surface area contributed by atoms with E-state index in [1.807, 2.05) is 38.1 Å². The minimum absolute atomic E-state index is 0.279. The number of anilines is 2. The van der Waals surface area contributed by atoms with Crippen LogP contribution in [0.2, 0.25) is 0 Å². The molecule has 0 saturated heterocycles. The van der Waals surface area contributed by atoms with E-state index in [1.165, 1.54) is 6.08 Å². The number of benzene rings is 3. The zero-order valence-electron chi connectivity index (χ0n) is 20.2. The maximum atomic E-state index is 12.7. The van der Waals surface area contributed by atoms with Crippen molar-refractivity contribution in [1.29, 1.82) is 0 Å². The van der Waals surface area contributed by atoms with Crippen LogP contribution in [-0.4, -0.2) is 38.2 Å². The zero-order valence-corrected chi connectivity index (χ0v) is 20.2. The van der Waals surface area contributed by atoms with Crippen LogP contribution in [-0.2, 0) is 4.79 Å². The first-order chi connectivity index (χ1) is 17.6. The number of nitrogens with one attached hydrogen (secondary N) is 2. The van der Waals surface area contributed by atoms with Gasteiger partial charge < -0.3 is 29.6 Å². The number of hydrogen-bond acceptors (Lipinski definition) is 6. The van der Waals surface area contributed by atoms with Gasteiger partial charge in [0.15, 0.2) is 11.5 Å². The minimum Gasteiger partial charge on any atom is -0.492 e. The summed E-state index contributed by atoms with van der Waals surface area (Å²) in [4.78, 5) is 25.4. The second kappa shape index (κ2) is 11.8. The summed E-state index contributed by atoms with van der Waals surface area (Å²) in [5, 5.41) is 5.71. The molecule has 4 rings (SSSR count). The number of carbonyl (C=O) groups excluding carboxylic acids is 2. The molecule has 1 aliphatic heterocycles. The van der Waals surface area contributed by atoms with Gasteiger partial charge in [-0.05, 0) is 49.8 Å². The summed E-state index contributed by atoms with van der Waals surface area (Å²) in [7, 11) is 0. The van der Waals surface area contributed by atoms with Gasteiger partial charge in [0.05, 0.1) is 24.6 Å². The molecule has 8 heteroatoms. The van der Waals surface area contributed by atoms with Gasteiger partial charge in [0.1, 0.15) is 24.7 Å². The molecule has 2 N–H and O–H groups in total. The molecule has 8 nitrogen and oxygen atoms in total. The minimum atomic E-state index is -0.352. The van der Waals surface area contributed by atoms with E-state index in [-0.39, 0.29) is 11.8 Å². The second-order valence-electron chi connectivity index (χ2n) is 7.76. The van der Waals surface area contributed by atoms with Crippen LogP contribution < -0.4 is 29.6 Å². The van der Waals surface area contributed by atoms with Gasteiger partial charge in [-0.15, -0.1) is 0 Å². The number of hydrogen-bond donors (Lipinski definition) is 2. The van der Waals surface area contributed by atoms with Crippen molar-refractivity contribution < 1.29 is 28.5 Å². The predicted octanol–water partition coefficient (Wildman–Crippen LogP) is 5.16. The molecule has 1 heterocycles. The Balaban J connectivity index is 1.53. The number of carbonyl (C=O) groups is 2. The molecule has 0 aliphatic carbocycles. The van der Waals surface area contributed by atoms with Gasteiger partial charge >= 0.3 is 0 Å². The third kappa shape index (κ3) is 6.15. The standard InChI is InChI=1S/C28H28N2O6/c1-3-33-24-18-22(30-28(32)20-8-6-5-7-9-20)25(34-4-2)17-21(24)29-27(31)13-11-19-10-12-23-26(16-19)36-15-14-35-23/h5-13,16-18H,3-4,14-15H2,1-2H3,(H,29,31)(H,30,32)/b13-11+. The first-order valence-corrected chi connectivity index (χ1v) is 11.8. The molecule has 0 saturated carbocycles. The lowest BCUT2D eigenvalue weighted by Gasteiger charge is -2.18. The van der Waals surface area contributed by atoms with E-state index < -0.39 is 0 Å². The zero-order chi connectivity index (χ0) is 25.3. The van der Waals surface area contributed by atoms with Crippen molar-refractivity contribution in [1.82, 2.24) is 0 Å². The van der Waals surface area contributed by atoms with Gasteiger partial charge in [-0.2, -0.15) is 0 Å². The van der Waals surface area contributed by atoms with Gasteiger partial charge in [0.2, 0.25) is 5.91 Å². The summed E-state index contributed by atoms with van der Waals surface area (Å²) in [6, 6.07) is 17.7. The molecule has 0 unspecified atom stereocenters. The number of fused-ring (bicyclic) bond motifs is 1. The van der Waals surface area contributed by atoms with Crippen molar-refractivity contribution >= 4 is 29.3 Å². The summed E-state index contributed by atoms with van der Waals surface area (Å²) in [5.41, 5.74) is 2.18. The Morgan fingerprint density at radius 1 is 0.833 bits per heavy atom. The summed E-state index contributed by atoms with van der Waals surface area (Å²) < 4.78 is 22.6. The lowest BCUT2D eigenvalue weighted by Crippen LogP contribution is -2.15. The first-order valence-electron chi connectivity index (χ1n) is 11.8. The third-order valence-corrected chi connectivity index (χ3v) is 5.22. The predicted molar refractivity (Wildman–Crippen MR) is 138 cm³/mol. The fourth-order valence-corrected chi connectivity index (χ4v) is 3.60. The van der Waals surface area contributed by atoms with Crippen molar-refractivity contribution in [2.24, 2.45) is 0 Å². The summed E-state index contributed by atoms with van der Waals surface area (Å²) in [6.07, 6.45) is 3.11. The van der Waals surface area contributed by atoms with Crippen LogP contribution in [0, 0.1) is 0 Å². The normalized spacial score (nSPS) is 12.2. The molecule has 36 heavy (non-hydrogen) atoms. The van der Waals surface area contributed by atoms with Crippen molar-refractivity contribution in [3.8, 4) is 23.0 Å². The fraction of sp³-hybridized carbons (Fsp3) is 0.214. The highest BCUT2D eigenvalue weighted by Crippen LogP contribution is 2.37. The molecule has 0 atom stereocenters. The van der Waals surface area contributed by atoms with Crippen LogP contribution >= 0.6 is 0 Å². The molecule has 186 valence electrons. The molecular formula is C28H28N2O6. The van der Waals surface area contributed by atoms with Gasteiger partial charge in [-0.3, -0.25) is 9.59 Å². The highest BCUT2D eigenvalue weighted by molar-refractivity contribution is 6.06. The topological polar surface area (TPSA) is 95.1 Å². The van der Waals surface area contributed by atoms with E-state index in [0.29, 0.717) is 66.4 Å². The highest BCUT2D eigenvalue weighted by Gasteiger charge is 2.17. The average molecular weight is 489 g/mol. The maximum absolute atomic E-state index is 12.7. The molecule has 1 aliphatic rings. The Kier molecular flexibility index (Phi) is 8.08. The van der Waals surface area contributed by atoms with Crippen LogP contribution in [0.4, 0.5) is 11.4 Å². The van der Waals surface area contributed by atoms with Crippen molar-refractivity contribution in [2.45, 2.75) is 13.8 Å².